The SMILES string of the molecule is C=CCCC(=O)N[C@H](C)[C@@H](OC(=O)[C@H]1[C@@H]2O[C@@]3(CC2Br)[C@@H]1C(=O)N(CCCO)[C@@H]3C(=O)N(CC=C)c1c(C)cccc1C)c1ccccc1. The summed E-state index contributed by atoms with van der Waals surface area (Å²) in [4.78, 5) is 59.2. The van der Waals surface area contributed by atoms with E-state index in [9.17, 15) is 24.3 Å². The first-order valence-corrected chi connectivity index (χ1v) is 17.8. The molecule has 5 rings (SSSR count). The molecule has 262 valence electrons. The van der Waals surface area contributed by atoms with Gasteiger partial charge in [0.1, 0.15) is 17.7 Å². The van der Waals surface area contributed by atoms with Crippen LogP contribution in [0.1, 0.15) is 55.4 Å². The third kappa shape index (κ3) is 6.85. The number of hydrogen-bond donors (Lipinski definition) is 2. The largest absolute Gasteiger partial charge is 0.455 e. The molecule has 0 radical (unpaired) electrons. The van der Waals surface area contributed by atoms with Gasteiger partial charge in [-0.25, -0.2) is 0 Å². The summed E-state index contributed by atoms with van der Waals surface area (Å²) < 4.78 is 12.9. The lowest BCUT2D eigenvalue weighted by atomic mass is 9.70. The summed E-state index contributed by atoms with van der Waals surface area (Å²) in [6, 6.07) is 13.3. The van der Waals surface area contributed by atoms with Crippen molar-refractivity contribution in [2.45, 2.75) is 81.2 Å². The number of alkyl halides is 1. The van der Waals surface area contributed by atoms with Crippen LogP contribution in [0.5, 0.6) is 0 Å². The number of carbonyl (C=O) groups is 4. The van der Waals surface area contributed by atoms with Crippen LogP contribution in [-0.4, -0.2) is 82.0 Å². The second-order valence-corrected chi connectivity index (χ2v) is 14.4. The van der Waals surface area contributed by atoms with Gasteiger partial charge in [-0.15, -0.1) is 13.2 Å². The van der Waals surface area contributed by atoms with Gasteiger partial charge in [-0.05, 0) is 56.7 Å². The molecule has 0 aromatic heterocycles. The van der Waals surface area contributed by atoms with E-state index < -0.39 is 47.7 Å². The molecule has 2 aromatic rings. The van der Waals surface area contributed by atoms with Gasteiger partial charge in [-0.1, -0.05) is 76.6 Å². The number of carbonyl (C=O) groups excluding carboxylic acids is 4. The molecule has 0 aliphatic carbocycles. The number of halogens is 1. The minimum absolute atomic E-state index is 0.113. The molecule has 1 spiro atoms. The van der Waals surface area contributed by atoms with Crippen molar-refractivity contribution in [1.82, 2.24) is 10.2 Å². The number of likely N-dealkylation sites (tertiary alicyclic amines) is 1. The number of nitrogens with zero attached hydrogens (tertiary/aromatic N) is 2. The smallest absolute Gasteiger partial charge is 0.313 e. The van der Waals surface area contributed by atoms with Gasteiger partial charge in [-0.3, -0.25) is 19.2 Å². The van der Waals surface area contributed by atoms with Crippen molar-refractivity contribution in [3.8, 4) is 0 Å². The molecular formula is C38H46BrN3O7. The summed E-state index contributed by atoms with van der Waals surface area (Å²) >= 11 is 3.73. The third-order valence-electron chi connectivity index (χ3n) is 9.93. The Labute approximate surface area is 296 Å². The number of hydrogen-bond acceptors (Lipinski definition) is 7. The number of amides is 3. The Kier molecular flexibility index (Phi) is 11.5. The van der Waals surface area contributed by atoms with Gasteiger partial charge in [-0.2, -0.15) is 0 Å². The minimum Gasteiger partial charge on any atom is -0.455 e. The van der Waals surface area contributed by atoms with E-state index >= 15 is 0 Å². The molecule has 3 fully saturated rings. The number of aliphatic hydroxyl groups is 1. The molecule has 3 aliphatic rings. The van der Waals surface area contributed by atoms with Crippen LogP contribution in [0.25, 0.3) is 0 Å². The zero-order chi connectivity index (χ0) is 35.5. The van der Waals surface area contributed by atoms with Gasteiger partial charge >= 0.3 is 5.97 Å². The van der Waals surface area contributed by atoms with E-state index in [1.54, 1.807) is 24.0 Å². The zero-order valence-corrected chi connectivity index (χ0v) is 29.9. The van der Waals surface area contributed by atoms with E-state index in [0.717, 1.165) is 16.8 Å². The number of allylic oxidation sites excluding steroid dienone is 1. The number of nitrogens with one attached hydrogen (secondary N) is 1. The average Bonchev–Trinajstić information content (AvgIpc) is 3.67. The molecule has 3 aliphatic heterocycles. The topological polar surface area (TPSA) is 125 Å². The normalized spacial score (nSPS) is 26.5. The number of para-hydroxylation sites is 1. The van der Waals surface area contributed by atoms with Gasteiger partial charge in [0.15, 0.2) is 0 Å². The van der Waals surface area contributed by atoms with E-state index in [1.807, 2.05) is 62.4 Å². The predicted molar refractivity (Wildman–Crippen MR) is 190 cm³/mol. The maximum Gasteiger partial charge on any atom is 0.313 e. The highest BCUT2D eigenvalue weighted by molar-refractivity contribution is 9.09. The molecule has 3 heterocycles. The van der Waals surface area contributed by atoms with Crippen LogP contribution < -0.4 is 10.2 Å². The number of benzene rings is 2. The van der Waals surface area contributed by atoms with Gasteiger partial charge < -0.3 is 29.7 Å². The van der Waals surface area contributed by atoms with Crippen LogP contribution in [0, 0.1) is 25.7 Å². The Bertz CT molecular complexity index is 1560. The first kappa shape index (κ1) is 36.5. The van der Waals surface area contributed by atoms with E-state index in [1.165, 1.54) is 4.90 Å². The number of fused-ring (bicyclic) bond motifs is 1. The number of anilines is 1. The lowest BCUT2D eigenvalue weighted by Gasteiger charge is -2.38. The second kappa shape index (κ2) is 15.4. The van der Waals surface area contributed by atoms with E-state index in [-0.39, 0.29) is 55.1 Å². The van der Waals surface area contributed by atoms with Crippen LogP contribution in [0.15, 0.2) is 73.8 Å². The number of ether oxygens (including phenoxy) is 2. The lowest BCUT2D eigenvalue weighted by Crippen LogP contribution is -2.57. The maximum absolute atomic E-state index is 14.9. The molecule has 3 saturated heterocycles. The Hall–Kier alpha value is -3.80. The number of rotatable bonds is 15. The standard InChI is InChI=1S/C38H46BrN3O7/c1-6-8-18-28(44)40-25(5)32(26-16-10-9-11-17-26)48-37(47)29-30-35(45)42(20-13-21-43)34(38(30)22-27(39)33(29)49-38)36(46)41(19-7-2)31-23(3)14-12-15-24(31)4/h6-7,9-12,14-17,25,27,29-30,32-34,43H,1-2,8,13,18-22H2,3-5H3,(H,40,44)/t25-,27?,29-,30+,32-,33-,34-,38+/m1/s1. The summed E-state index contributed by atoms with van der Waals surface area (Å²) in [5.41, 5.74) is 1.89. The summed E-state index contributed by atoms with van der Waals surface area (Å²) in [6.45, 7) is 13.3. The summed E-state index contributed by atoms with van der Waals surface area (Å²) in [6.07, 6.45) is 3.07. The van der Waals surface area contributed by atoms with Crippen LogP contribution in [0.2, 0.25) is 0 Å². The molecule has 10 nitrogen and oxygen atoms in total. The van der Waals surface area contributed by atoms with Crippen molar-refractivity contribution in [1.29, 1.82) is 0 Å². The van der Waals surface area contributed by atoms with Gasteiger partial charge in [0.2, 0.25) is 11.8 Å². The van der Waals surface area contributed by atoms with Gasteiger partial charge in [0, 0.05) is 36.6 Å². The van der Waals surface area contributed by atoms with Gasteiger partial charge in [0.05, 0.1) is 24.0 Å². The summed E-state index contributed by atoms with van der Waals surface area (Å²) in [7, 11) is 0. The molecule has 2 bridgehead atoms. The number of esters is 1. The van der Waals surface area contributed by atoms with Crippen molar-refractivity contribution in [2.24, 2.45) is 11.8 Å². The number of aliphatic hydroxyl groups excluding tert-OH is 1. The Morgan fingerprint density at radius 3 is 2.47 bits per heavy atom. The number of aryl methyl sites for hydroxylation is 2. The molecule has 0 saturated carbocycles. The summed E-state index contributed by atoms with van der Waals surface area (Å²) in [5.74, 6) is -3.54. The fourth-order valence-electron chi connectivity index (χ4n) is 7.90. The molecule has 8 atom stereocenters. The molecule has 3 amide bonds. The third-order valence-corrected chi connectivity index (χ3v) is 10.8. The molecule has 49 heavy (non-hydrogen) atoms. The monoisotopic (exact) mass is 735 g/mol. The van der Waals surface area contributed by atoms with Crippen LogP contribution in [0.3, 0.4) is 0 Å². The highest BCUT2D eigenvalue weighted by Gasteiger charge is 2.77. The van der Waals surface area contributed by atoms with E-state index in [2.05, 4.69) is 34.4 Å². The van der Waals surface area contributed by atoms with E-state index in [0.29, 0.717) is 18.4 Å². The van der Waals surface area contributed by atoms with Crippen molar-refractivity contribution in [3.63, 3.8) is 0 Å². The van der Waals surface area contributed by atoms with Crippen molar-refractivity contribution in [2.75, 3.05) is 24.6 Å². The average molecular weight is 737 g/mol. The molecule has 2 aromatic carbocycles. The quantitative estimate of drug-likeness (QED) is 0.154. The van der Waals surface area contributed by atoms with Gasteiger partial charge in [0.25, 0.3) is 5.91 Å². The fourth-order valence-corrected chi connectivity index (χ4v) is 8.84. The predicted octanol–water partition coefficient (Wildman–Crippen LogP) is 4.71. The first-order chi connectivity index (χ1) is 23.5. The Morgan fingerprint density at radius 2 is 1.84 bits per heavy atom. The Balaban J connectivity index is 1.51. The first-order valence-electron chi connectivity index (χ1n) is 16.9. The minimum atomic E-state index is -1.31. The van der Waals surface area contributed by atoms with Crippen LogP contribution in [0.4, 0.5) is 5.69 Å². The maximum atomic E-state index is 14.9. The molecular weight excluding hydrogens is 690 g/mol. The fraction of sp³-hybridized carbons (Fsp3) is 0.474. The van der Waals surface area contributed by atoms with Crippen molar-refractivity contribution in [3.05, 3.63) is 90.5 Å². The molecule has 11 heteroatoms. The van der Waals surface area contributed by atoms with E-state index in [4.69, 9.17) is 9.47 Å². The highest BCUT2D eigenvalue weighted by Crippen LogP contribution is 2.60. The molecule has 2 N–H and O–H groups in total. The molecule has 1 unspecified atom stereocenters. The van der Waals surface area contributed by atoms with Crippen LogP contribution in [-0.2, 0) is 28.7 Å². The highest BCUT2D eigenvalue weighted by atomic mass is 79.9. The summed E-state index contributed by atoms with van der Waals surface area (Å²) in [5, 5.41) is 12.7. The van der Waals surface area contributed by atoms with Crippen molar-refractivity contribution < 1.29 is 33.8 Å². The van der Waals surface area contributed by atoms with Crippen molar-refractivity contribution >= 4 is 45.3 Å². The second-order valence-electron chi connectivity index (χ2n) is 13.2. The Morgan fingerprint density at radius 1 is 1.14 bits per heavy atom. The zero-order valence-electron chi connectivity index (χ0n) is 28.3. The van der Waals surface area contributed by atoms with Crippen LogP contribution >= 0.6 is 15.9 Å². The lowest BCUT2D eigenvalue weighted by molar-refractivity contribution is -0.162.